The van der Waals surface area contributed by atoms with Gasteiger partial charge in [-0.3, -0.25) is 4.79 Å². The maximum Gasteiger partial charge on any atom is 0.228 e. The van der Waals surface area contributed by atoms with E-state index in [2.05, 4.69) is 5.32 Å². The Morgan fingerprint density at radius 2 is 2.14 bits per heavy atom. The molecule has 0 aromatic heterocycles. The Kier molecular flexibility index (Phi) is 4.63. The molecule has 0 aliphatic carbocycles. The molecule has 1 aromatic rings. The van der Waals surface area contributed by atoms with Gasteiger partial charge in [0.05, 0.1) is 12.2 Å². The molecule has 2 rings (SSSR count). The van der Waals surface area contributed by atoms with Crippen LogP contribution in [0.1, 0.15) is 18.4 Å². The molecule has 116 valence electrons. The monoisotopic (exact) mass is 314 g/mol. The van der Waals surface area contributed by atoms with E-state index < -0.39 is 15.9 Å². The van der Waals surface area contributed by atoms with Crippen molar-refractivity contribution in [2.75, 3.05) is 24.7 Å². The SMILES string of the molecule is Cc1c(F)cccc1NC(=O)[C@H]1CCCN(S(C)(=O)=O)C1. The molecule has 5 nitrogen and oxygen atoms in total. The standard InChI is InChI=1S/C14H19FN2O3S/c1-10-12(15)6-3-7-13(10)16-14(18)11-5-4-8-17(9-11)21(2,19)20/h3,6-7,11H,4-5,8-9H2,1-2H3,(H,16,18)/t11-/m0/s1. The van der Waals surface area contributed by atoms with Crippen molar-refractivity contribution in [2.24, 2.45) is 5.92 Å². The van der Waals surface area contributed by atoms with Gasteiger partial charge >= 0.3 is 0 Å². The first kappa shape index (κ1) is 15.9. The predicted octanol–water partition coefficient (Wildman–Crippen LogP) is 1.74. The second-order valence-electron chi connectivity index (χ2n) is 5.36. The van der Waals surface area contributed by atoms with E-state index in [4.69, 9.17) is 0 Å². The van der Waals surface area contributed by atoms with Crippen LogP contribution < -0.4 is 5.32 Å². The third-order valence-corrected chi connectivity index (χ3v) is 5.02. The molecule has 0 unspecified atom stereocenters. The molecule has 1 atom stereocenters. The van der Waals surface area contributed by atoms with E-state index in [1.165, 1.54) is 16.4 Å². The molecule has 1 heterocycles. The quantitative estimate of drug-likeness (QED) is 0.924. The summed E-state index contributed by atoms with van der Waals surface area (Å²) in [7, 11) is -3.29. The number of benzene rings is 1. The Morgan fingerprint density at radius 3 is 2.81 bits per heavy atom. The summed E-state index contributed by atoms with van der Waals surface area (Å²) in [6, 6.07) is 4.49. The van der Waals surface area contributed by atoms with Crippen LogP contribution in [-0.4, -0.2) is 38.0 Å². The maximum absolute atomic E-state index is 13.5. The van der Waals surface area contributed by atoms with Crippen molar-refractivity contribution in [1.82, 2.24) is 4.31 Å². The molecular weight excluding hydrogens is 295 g/mol. The summed E-state index contributed by atoms with van der Waals surface area (Å²) in [4.78, 5) is 12.2. The first-order valence-corrected chi connectivity index (χ1v) is 8.65. The van der Waals surface area contributed by atoms with E-state index in [-0.39, 0.29) is 18.3 Å². The number of carbonyl (C=O) groups is 1. The highest BCUT2D eigenvalue weighted by Gasteiger charge is 2.30. The fourth-order valence-corrected chi connectivity index (χ4v) is 3.35. The van der Waals surface area contributed by atoms with E-state index in [1.807, 2.05) is 0 Å². The number of rotatable bonds is 3. The van der Waals surface area contributed by atoms with Gasteiger partial charge in [0, 0.05) is 24.3 Å². The lowest BCUT2D eigenvalue weighted by Gasteiger charge is -2.30. The van der Waals surface area contributed by atoms with Gasteiger partial charge in [0.25, 0.3) is 0 Å². The third kappa shape index (κ3) is 3.79. The van der Waals surface area contributed by atoms with Crippen LogP contribution in [0.3, 0.4) is 0 Å². The van der Waals surface area contributed by atoms with Gasteiger partial charge in [-0.2, -0.15) is 0 Å². The molecule has 0 bridgehead atoms. The molecule has 1 aliphatic rings. The van der Waals surface area contributed by atoms with Crippen LogP contribution in [0.4, 0.5) is 10.1 Å². The van der Waals surface area contributed by atoms with Crippen molar-refractivity contribution in [3.63, 3.8) is 0 Å². The Labute approximate surface area is 124 Å². The zero-order valence-electron chi connectivity index (χ0n) is 12.1. The van der Waals surface area contributed by atoms with Crippen molar-refractivity contribution in [1.29, 1.82) is 0 Å². The van der Waals surface area contributed by atoms with Gasteiger partial charge in [0.2, 0.25) is 15.9 Å². The van der Waals surface area contributed by atoms with Crippen molar-refractivity contribution in [3.8, 4) is 0 Å². The molecule has 0 saturated carbocycles. The van der Waals surface area contributed by atoms with Gasteiger partial charge in [-0.1, -0.05) is 6.07 Å². The molecular formula is C14H19FN2O3S. The highest BCUT2D eigenvalue weighted by atomic mass is 32.2. The van der Waals surface area contributed by atoms with E-state index in [0.717, 1.165) is 6.26 Å². The first-order chi connectivity index (χ1) is 9.79. The van der Waals surface area contributed by atoms with Crippen LogP contribution in [0.15, 0.2) is 18.2 Å². The number of anilines is 1. The number of hydrogen-bond donors (Lipinski definition) is 1. The van der Waals surface area contributed by atoms with Crippen LogP contribution >= 0.6 is 0 Å². The molecule has 7 heteroatoms. The van der Waals surface area contributed by atoms with E-state index >= 15 is 0 Å². The number of nitrogens with zero attached hydrogens (tertiary/aromatic N) is 1. The van der Waals surface area contributed by atoms with Crippen molar-refractivity contribution >= 4 is 21.6 Å². The smallest absolute Gasteiger partial charge is 0.228 e. The highest BCUT2D eigenvalue weighted by Crippen LogP contribution is 2.22. The molecule has 1 amide bonds. The zero-order valence-corrected chi connectivity index (χ0v) is 12.9. The summed E-state index contributed by atoms with van der Waals surface area (Å²) in [5.41, 5.74) is 0.804. The van der Waals surface area contributed by atoms with E-state index in [0.29, 0.717) is 30.6 Å². The fourth-order valence-electron chi connectivity index (χ4n) is 2.44. The minimum absolute atomic E-state index is 0.180. The van der Waals surface area contributed by atoms with Gasteiger partial charge in [-0.15, -0.1) is 0 Å². The van der Waals surface area contributed by atoms with Gasteiger partial charge in [0.1, 0.15) is 5.82 Å². The van der Waals surface area contributed by atoms with Crippen LogP contribution in [0.5, 0.6) is 0 Å². The van der Waals surface area contributed by atoms with Crippen molar-refractivity contribution in [2.45, 2.75) is 19.8 Å². The second-order valence-corrected chi connectivity index (χ2v) is 7.34. The highest BCUT2D eigenvalue weighted by molar-refractivity contribution is 7.88. The summed E-state index contributed by atoms with van der Waals surface area (Å²) in [6.45, 7) is 2.22. The maximum atomic E-state index is 13.5. The summed E-state index contributed by atoms with van der Waals surface area (Å²) in [5.74, 6) is -1.05. The molecule has 1 saturated heterocycles. The van der Waals surface area contributed by atoms with Crippen LogP contribution in [0.2, 0.25) is 0 Å². The molecule has 21 heavy (non-hydrogen) atoms. The average molecular weight is 314 g/mol. The fraction of sp³-hybridized carbons (Fsp3) is 0.500. The largest absolute Gasteiger partial charge is 0.325 e. The summed E-state index contributed by atoms with van der Waals surface area (Å²) in [6.07, 6.45) is 2.42. The number of sulfonamides is 1. The van der Waals surface area contributed by atoms with Gasteiger partial charge in [0.15, 0.2) is 0 Å². The number of carbonyl (C=O) groups excluding carboxylic acids is 1. The number of halogens is 1. The Morgan fingerprint density at radius 1 is 1.43 bits per heavy atom. The summed E-state index contributed by atoms with van der Waals surface area (Å²) >= 11 is 0. The van der Waals surface area contributed by atoms with Crippen molar-refractivity contribution in [3.05, 3.63) is 29.6 Å². The number of piperidine rings is 1. The van der Waals surface area contributed by atoms with Gasteiger partial charge in [-0.05, 0) is 31.9 Å². The Bertz CT molecular complexity index is 646. The predicted molar refractivity (Wildman–Crippen MR) is 78.9 cm³/mol. The van der Waals surface area contributed by atoms with Crippen LogP contribution in [-0.2, 0) is 14.8 Å². The topological polar surface area (TPSA) is 66.5 Å². The summed E-state index contributed by atoms with van der Waals surface area (Å²) in [5, 5.41) is 2.69. The minimum atomic E-state index is -3.29. The number of amides is 1. The van der Waals surface area contributed by atoms with Crippen LogP contribution in [0.25, 0.3) is 0 Å². The second kappa shape index (κ2) is 6.11. The zero-order chi connectivity index (χ0) is 15.6. The molecule has 1 aliphatic heterocycles. The third-order valence-electron chi connectivity index (χ3n) is 3.75. The van der Waals surface area contributed by atoms with E-state index in [9.17, 15) is 17.6 Å². The lowest BCUT2D eigenvalue weighted by Crippen LogP contribution is -2.43. The van der Waals surface area contributed by atoms with E-state index in [1.54, 1.807) is 13.0 Å². The Balaban J connectivity index is 2.08. The Hall–Kier alpha value is -1.47. The van der Waals surface area contributed by atoms with Gasteiger partial charge in [-0.25, -0.2) is 17.1 Å². The molecule has 0 radical (unpaired) electrons. The van der Waals surface area contributed by atoms with Crippen molar-refractivity contribution < 1.29 is 17.6 Å². The van der Waals surface area contributed by atoms with Gasteiger partial charge < -0.3 is 5.32 Å². The minimum Gasteiger partial charge on any atom is -0.325 e. The first-order valence-electron chi connectivity index (χ1n) is 6.80. The molecule has 1 N–H and O–H groups in total. The molecule has 1 aromatic carbocycles. The number of nitrogens with one attached hydrogen (secondary N) is 1. The molecule has 0 spiro atoms. The normalized spacial score (nSPS) is 20.2. The lowest BCUT2D eigenvalue weighted by atomic mass is 9.98. The lowest BCUT2D eigenvalue weighted by molar-refractivity contribution is -0.120. The van der Waals surface area contributed by atoms with Crippen LogP contribution in [0, 0.1) is 18.7 Å². The molecule has 1 fully saturated rings. The number of hydrogen-bond acceptors (Lipinski definition) is 3. The average Bonchev–Trinajstić information content (AvgIpc) is 2.43. The summed E-state index contributed by atoms with van der Waals surface area (Å²) < 4.78 is 37.9.